The molecule has 0 fully saturated rings. The summed E-state index contributed by atoms with van der Waals surface area (Å²) >= 11 is 6.34. The number of halogens is 1. The van der Waals surface area contributed by atoms with E-state index in [4.69, 9.17) is 16.7 Å². The van der Waals surface area contributed by atoms with Crippen molar-refractivity contribution < 1.29 is 9.90 Å². The molecule has 1 unspecified atom stereocenters. The smallest absolute Gasteiger partial charge is 0.330 e. The van der Waals surface area contributed by atoms with Gasteiger partial charge in [0.05, 0.1) is 0 Å². The Bertz CT molecular complexity index is 347. The molecule has 0 aromatic rings. The number of aliphatic carboxylic acids is 1. The molecule has 0 aliphatic heterocycles. The second-order valence-electron chi connectivity index (χ2n) is 8.31. The van der Waals surface area contributed by atoms with Gasteiger partial charge in [-0.1, -0.05) is 97.0 Å². The fourth-order valence-electron chi connectivity index (χ4n) is 2.93. The third-order valence-electron chi connectivity index (χ3n) is 4.88. The van der Waals surface area contributed by atoms with Gasteiger partial charge in [0.2, 0.25) is 0 Å². The molecule has 0 aliphatic rings. The molecule has 1 N–H and O–H groups in total. The topological polar surface area (TPSA) is 40.5 Å². The van der Waals surface area contributed by atoms with Gasteiger partial charge in [0, 0.05) is 11.0 Å². The van der Waals surface area contributed by atoms with Crippen LogP contribution in [-0.4, -0.2) is 42.0 Å². The molecule has 0 amide bonds. The van der Waals surface area contributed by atoms with Crippen LogP contribution < -0.4 is 0 Å². The highest BCUT2D eigenvalue weighted by Crippen LogP contribution is 2.16. The van der Waals surface area contributed by atoms with Crippen LogP contribution in [0.4, 0.5) is 0 Å². The minimum absolute atomic E-state index is 0.176. The van der Waals surface area contributed by atoms with E-state index in [0.717, 1.165) is 13.0 Å². The van der Waals surface area contributed by atoms with Gasteiger partial charge in [-0.25, -0.2) is 4.79 Å². The third-order valence-corrected chi connectivity index (χ3v) is 5.31. The van der Waals surface area contributed by atoms with Crippen molar-refractivity contribution in [3.8, 4) is 0 Å². The van der Waals surface area contributed by atoms with Gasteiger partial charge in [0.15, 0.2) is 0 Å². The van der Waals surface area contributed by atoms with E-state index in [1.165, 1.54) is 96.8 Å². The van der Waals surface area contributed by atoms with E-state index in [1.54, 1.807) is 0 Å². The van der Waals surface area contributed by atoms with Crippen LogP contribution in [0, 0.1) is 0 Å². The molecule has 168 valence electrons. The quantitative estimate of drug-likeness (QED) is 0.141. The van der Waals surface area contributed by atoms with Crippen LogP contribution in [-0.2, 0) is 4.79 Å². The molecule has 0 radical (unpaired) electrons. The Hall–Kier alpha value is -0.540. The maximum absolute atomic E-state index is 9.60. The Morgan fingerprint density at radius 2 is 1.21 bits per heavy atom. The lowest BCUT2D eigenvalue weighted by atomic mass is 10.0. The Balaban J connectivity index is 0. The van der Waals surface area contributed by atoms with Crippen LogP contribution >= 0.6 is 11.6 Å². The van der Waals surface area contributed by atoms with E-state index in [2.05, 4.69) is 32.5 Å². The zero-order valence-corrected chi connectivity index (χ0v) is 20.0. The van der Waals surface area contributed by atoms with Crippen molar-refractivity contribution in [3.05, 3.63) is 12.2 Å². The van der Waals surface area contributed by atoms with Gasteiger partial charge < -0.3 is 10.0 Å². The fraction of sp³-hybridized carbons (Fsp3) is 0.875. The lowest BCUT2D eigenvalue weighted by Crippen LogP contribution is -2.16. The number of nitrogens with zero attached hydrogens (tertiary/aromatic N) is 1. The van der Waals surface area contributed by atoms with Crippen molar-refractivity contribution in [3.63, 3.8) is 0 Å². The molecule has 0 aromatic carbocycles. The van der Waals surface area contributed by atoms with Crippen molar-refractivity contribution in [2.75, 3.05) is 20.6 Å². The van der Waals surface area contributed by atoms with Crippen LogP contribution in [0.25, 0.3) is 0 Å². The number of carboxylic acid groups (broad SMARTS) is 1. The van der Waals surface area contributed by atoms with Crippen molar-refractivity contribution in [1.29, 1.82) is 0 Å². The average Bonchev–Trinajstić information content (AvgIpc) is 2.64. The maximum atomic E-state index is 9.60. The van der Waals surface area contributed by atoms with Crippen LogP contribution in [0.3, 0.4) is 0 Å². The minimum atomic E-state index is -0.935. The first-order valence-electron chi connectivity index (χ1n) is 11.5. The SMILES string of the molecule is C=C(C)C(=O)O.CCCCCCCCCCCCCCCC(Cl)CCN(C)C. The van der Waals surface area contributed by atoms with Crippen LogP contribution in [0.2, 0.25) is 0 Å². The fourth-order valence-corrected chi connectivity index (χ4v) is 3.18. The number of unbranched alkanes of at least 4 members (excludes halogenated alkanes) is 12. The molecule has 0 saturated carbocycles. The molecule has 0 saturated heterocycles. The summed E-state index contributed by atoms with van der Waals surface area (Å²) in [6.45, 7) is 8.01. The van der Waals surface area contributed by atoms with Crippen molar-refractivity contribution in [2.45, 2.75) is 116 Å². The van der Waals surface area contributed by atoms with Crippen molar-refractivity contribution in [1.82, 2.24) is 4.90 Å². The largest absolute Gasteiger partial charge is 0.478 e. The minimum Gasteiger partial charge on any atom is -0.478 e. The highest BCUT2D eigenvalue weighted by atomic mass is 35.5. The number of hydrogen-bond donors (Lipinski definition) is 1. The second kappa shape index (κ2) is 22.7. The van der Waals surface area contributed by atoms with E-state index >= 15 is 0 Å². The van der Waals surface area contributed by atoms with Gasteiger partial charge in [-0.15, -0.1) is 11.6 Å². The van der Waals surface area contributed by atoms with Crippen LogP contribution in [0.5, 0.6) is 0 Å². The Morgan fingerprint density at radius 3 is 1.54 bits per heavy atom. The number of carbonyl (C=O) groups is 1. The van der Waals surface area contributed by atoms with Crippen LogP contribution in [0.15, 0.2) is 12.2 Å². The number of carboxylic acids is 1. The Kier molecular flexibility index (Phi) is 24.1. The molecule has 3 nitrogen and oxygen atoms in total. The van der Waals surface area contributed by atoms with Gasteiger partial charge in [-0.2, -0.15) is 0 Å². The van der Waals surface area contributed by atoms with E-state index in [0.29, 0.717) is 5.38 Å². The summed E-state index contributed by atoms with van der Waals surface area (Å²) in [4.78, 5) is 11.8. The zero-order valence-electron chi connectivity index (χ0n) is 19.3. The van der Waals surface area contributed by atoms with Crippen molar-refractivity contribution in [2.24, 2.45) is 0 Å². The molecule has 0 heterocycles. The second-order valence-corrected chi connectivity index (χ2v) is 8.92. The molecule has 0 rings (SSSR count). The van der Waals surface area contributed by atoms with Gasteiger partial charge >= 0.3 is 5.97 Å². The highest BCUT2D eigenvalue weighted by Gasteiger charge is 2.04. The summed E-state index contributed by atoms with van der Waals surface area (Å²) in [5.74, 6) is -0.935. The van der Waals surface area contributed by atoms with Crippen molar-refractivity contribution >= 4 is 17.6 Å². The standard InChI is InChI=1S/C20H42ClN.C4H6O2/c1-4-5-6-7-8-9-10-11-12-13-14-15-16-17-20(21)18-19-22(2)3;1-3(2)4(5)6/h20H,4-19H2,1-3H3;1H2,2H3,(H,5,6). The highest BCUT2D eigenvalue weighted by molar-refractivity contribution is 6.20. The first kappa shape index (κ1) is 29.7. The summed E-state index contributed by atoms with van der Waals surface area (Å²) in [6, 6.07) is 0. The lowest BCUT2D eigenvalue weighted by molar-refractivity contribution is -0.132. The Morgan fingerprint density at radius 1 is 0.857 bits per heavy atom. The summed E-state index contributed by atoms with van der Waals surface area (Å²) < 4.78 is 0. The molecule has 0 aromatic heterocycles. The first-order chi connectivity index (χ1) is 13.3. The average molecular weight is 418 g/mol. The molecular formula is C24H48ClNO2. The molecule has 28 heavy (non-hydrogen) atoms. The predicted molar refractivity (Wildman–Crippen MR) is 126 cm³/mol. The summed E-state index contributed by atoms with van der Waals surface area (Å²) in [5, 5.41) is 8.28. The van der Waals surface area contributed by atoms with Gasteiger partial charge in [-0.3, -0.25) is 0 Å². The molecular weight excluding hydrogens is 370 g/mol. The predicted octanol–water partition coefficient (Wildman–Crippen LogP) is 7.67. The maximum Gasteiger partial charge on any atom is 0.330 e. The van der Waals surface area contributed by atoms with Gasteiger partial charge in [-0.05, 0) is 40.4 Å². The van der Waals surface area contributed by atoms with E-state index in [9.17, 15) is 4.79 Å². The van der Waals surface area contributed by atoms with Gasteiger partial charge in [0.1, 0.15) is 0 Å². The Labute approximate surface area is 180 Å². The van der Waals surface area contributed by atoms with E-state index in [1.807, 2.05) is 0 Å². The number of alkyl halides is 1. The normalized spacial score (nSPS) is 11.8. The molecule has 0 spiro atoms. The molecule has 0 aliphatic carbocycles. The molecule has 1 atom stereocenters. The van der Waals surface area contributed by atoms with E-state index in [-0.39, 0.29) is 5.57 Å². The van der Waals surface area contributed by atoms with Gasteiger partial charge in [0.25, 0.3) is 0 Å². The summed E-state index contributed by atoms with van der Waals surface area (Å²) in [6.07, 6.45) is 20.9. The lowest BCUT2D eigenvalue weighted by Gasteiger charge is -2.13. The first-order valence-corrected chi connectivity index (χ1v) is 11.9. The monoisotopic (exact) mass is 417 g/mol. The van der Waals surface area contributed by atoms with Crippen LogP contribution in [0.1, 0.15) is 110 Å². The number of hydrogen-bond acceptors (Lipinski definition) is 2. The number of rotatable bonds is 18. The van der Waals surface area contributed by atoms with E-state index < -0.39 is 5.97 Å². The summed E-state index contributed by atoms with van der Waals surface area (Å²) in [7, 11) is 4.24. The molecule has 0 bridgehead atoms. The molecule has 4 heteroatoms. The third kappa shape index (κ3) is 27.7. The zero-order chi connectivity index (χ0) is 21.6. The summed E-state index contributed by atoms with van der Waals surface area (Å²) in [5.41, 5.74) is 0.176.